The van der Waals surface area contributed by atoms with E-state index in [-0.39, 0.29) is 11.7 Å². The van der Waals surface area contributed by atoms with E-state index in [0.717, 1.165) is 53.9 Å². The maximum absolute atomic E-state index is 13.2. The van der Waals surface area contributed by atoms with Crippen molar-refractivity contribution in [3.05, 3.63) is 65.1 Å². The predicted octanol–water partition coefficient (Wildman–Crippen LogP) is 4.28. The third-order valence-corrected chi connectivity index (χ3v) is 5.55. The number of H-pyrrole nitrogens is 1. The smallest absolute Gasteiger partial charge is 0.256 e. The van der Waals surface area contributed by atoms with Crippen molar-refractivity contribution in [3.63, 3.8) is 0 Å². The molecule has 0 saturated carbocycles. The van der Waals surface area contributed by atoms with Gasteiger partial charge in [-0.05, 0) is 56.2 Å². The lowest BCUT2D eigenvalue weighted by Gasteiger charge is -2.24. The number of anilines is 1. The van der Waals surface area contributed by atoms with E-state index >= 15 is 0 Å². The first-order valence-electron chi connectivity index (χ1n) is 9.42. The summed E-state index contributed by atoms with van der Waals surface area (Å²) in [5, 5.41) is 1.11. The standard InChI is InChI=1S/C22H24FN3O/c1-15-16(2)24-21-19(15)5-3-6-20(21)22(27)26-12-4-11-25(13-14-26)18-9-7-17(23)8-10-18/h3,5-10,24H,4,11-14H2,1-2H3. The Balaban J connectivity index is 1.55. The fraction of sp³-hybridized carbons (Fsp3) is 0.318. The van der Waals surface area contributed by atoms with Gasteiger partial charge in [-0.2, -0.15) is 0 Å². The van der Waals surface area contributed by atoms with Gasteiger partial charge >= 0.3 is 0 Å². The minimum absolute atomic E-state index is 0.0720. The van der Waals surface area contributed by atoms with Crippen molar-refractivity contribution in [2.45, 2.75) is 20.3 Å². The molecule has 0 atom stereocenters. The van der Waals surface area contributed by atoms with E-state index in [1.807, 2.05) is 24.0 Å². The molecule has 140 valence electrons. The monoisotopic (exact) mass is 365 g/mol. The Labute approximate surface area is 158 Å². The lowest BCUT2D eigenvalue weighted by Crippen LogP contribution is -2.35. The fourth-order valence-corrected chi connectivity index (χ4v) is 3.86. The van der Waals surface area contributed by atoms with Crippen LogP contribution in [0.25, 0.3) is 10.9 Å². The van der Waals surface area contributed by atoms with Crippen molar-refractivity contribution >= 4 is 22.5 Å². The highest BCUT2D eigenvalue weighted by Gasteiger charge is 2.23. The van der Waals surface area contributed by atoms with Crippen molar-refractivity contribution < 1.29 is 9.18 Å². The highest BCUT2D eigenvalue weighted by atomic mass is 19.1. The van der Waals surface area contributed by atoms with Crippen LogP contribution in [-0.2, 0) is 0 Å². The number of nitrogens with one attached hydrogen (secondary N) is 1. The molecule has 2 aromatic carbocycles. The molecule has 1 amide bonds. The third-order valence-electron chi connectivity index (χ3n) is 5.55. The number of aromatic nitrogens is 1. The van der Waals surface area contributed by atoms with Gasteiger partial charge in [-0.25, -0.2) is 4.39 Å². The lowest BCUT2D eigenvalue weighted by atomic mass is 10.1. The zero-order valence-corrected chi connectivity index (χ0v) is 15.8. The Hall–Kier alpha value is -2.82. The SMILES string of the molecule is Cc1[nH]c2c(C(=O)N3CCCN(c4ccc(F)cc4)CC3)cccc2c1C. The minimum Gasteiger partial charge on any atom is -0.370 e. The Morgan fingerprint density at radius 1 is 1.00 bits per heavy atom. The first kappa shape index (κ1) is 17.6. The Bertz CT molecular complexity index is 977. The molecule has 1 aliphatic heterocycles. The molecule has 0 bridgehead atoms. The second-order valence-corrected chi connectivity index (χ2v) is 7.21. The van der Waals surface area contributed by atoms with Gasteiger partial charge in [0, 0.05) is 42.9 Å². The number of halogens is 1. The van der Waals surface area contributed by atoms with Crippen LogP contribution < -0.4 is 4.90 Å². The largest absolute Gasteiger partial charge is 0.370 e. The number of hydrogen-bond acceptors (Lipinski definition) is 2. The maximum Gasteiger partial charge on any atom is 0.256 e. The molecule has 0 radical (unpaired) electrons. The van der Waals surface area contributed by atoms with Crippen LogP contribution in [0.2, 0.25) is 0 Å². The molecule has 2 heterocycles. The molecule has 1 aromatic heterocycles. The zero-order valence-electron chi connectivity index (χ0n) is 15.8. The van der Waals surface area contributed by atoms with Crippen LogP contribution >= 0.6 is 0 Å². The molecule has 1 saturated heterocycles. The number of carbonyl (C=O) groups is 1. The predicted molar refractivity (Wildman–Crippen MR) is 107 cm³/mol. The van der Waals surface area contributed by atoms with E-state index in [4.69, 9.17) is 0 Å². The van der Waals surface area contributed by atoms with E-state index in [9.17, 15) is 9.18 Å². The summed E-state index contributed by atoms with van der Waals surface area (Å²) in [5.41, 5.74) is 4.96. The van der Waals surface area contributed by atoms with Crippen molar-refractivity contribution in [1.82, 2.24) is 9.88 Å². The summed E-state index contributed by atoms with van der Waals surface area (Å²) in [4.78, 5) is 20.7. The molecular weight excluding hydrogens is 341 g/mol. The summed E-state index contributed by atoms with van der Waals surface area (Å²) < 4.78 is 13.2. The maximum atomic E-state index is 13.2. The molecule has 0 spiro atoms. The number of benzene rings is 2. The average Bonchev–Trinajstić information content (AvgIpc) is 2.86. The third kappa shape index (κ3) is 3.29. The van der Waals surface area contributed by atoms with Gasteiger partial charge in [0.15, 0.2) is 0 Å². The first-order valence-corrected chi connectivity index (χ1v) is 9.42. The van der Waals surface area contributed by atoms with E-state index < -0.39 is 0 Å². The van der Waals surface area contributed by atoms with Gasteiger partial charge in [-0.15, -0.1) is 0 Å². The van der Waals surface area contributed by atoms with Crippen LogP contribution in [0.4, 0.5) is 10.1 Å². The van der Waals surface area contributed by atoms with Gasteiger partial charge < -0.3 is 14.8 Å². The number of rotatable bonds is 2. The van der Waals surface area contributed by atoms with Crippen molar-refractivity contribution in [3.8, 4) is 0 Å². The van der Waals surface area contributed by atoms with Gasteiger partial charge in [0.2, 0.25) is 0 Å². The van der Waals surface area contributed by atoms with Crippen LogP contribution in [-0.4, -0.2) is 42.0 Å². The van der Waals surface area contributed by atoms with E-state index in [2.05, 4.69) is 22.9 Å². The Morgan fingerprint density at radius 3 is 2.56 bits per heavy atom. The van der Waals surface area contributed by atoms with E-state index in [1.165, 1.54) is 17.7 Å². The Kier molecular flexibility index (Phi) is 4.60. The number of hydrogen-bond donors (Lipinski definition) is 1. The highest BCUT2D eigenvalue weighted by molar-refractivity contribution is 6.06. The summed E-state index contributed by atoms with van der Waals surface area (Å²) in [6.45, 7) is 7.11. The number of fused-ring (bicyclic) bond motifs is 1. The van der Waals surface area contributed by atoms with Crippen LogP contribution in [0.3, 0.4) is 0 Å². The number of amides is 1. The first-order chi connectivity index (χ1) is 13.0. The van der Waals surface area contributed by atoms with Crippen molar-refractivity contribution in [2.75, 3.05) is 31.1 Å². The van der Waals surface area contributed by atoms with Gasteiger partial charge in [0.25, 0.3) is 5.91 Å². The van der Waals surface area contributed by atoms with Gasteiger partial charge in [-0.3, -0.25) is 4.79 Å². The summed E-state index contributed by atoms with van der Waals surface area (Å²) in [5.74, 6) is -0.155. The number of aromatic amines is 1. The molecule has 5 heteroatoms. The van der Waals surface area contributed by atoms with Crippen molar-refractivity contribution in [2.24, 2.45) is 0 Å². The molecular formula is C22H24FN3O. The van der Waals surface area contributed by atoms with Crippen LogP contribution in [0.1, 0.15) is 28.0 Å². The fourth-order valence-electron chi connectivity index (χ4n) is 3.86. The molecule has 3 aromatic rings. The van der Waals surface area contributed by atoms with Crippen LogP contribution in [0, 0.1) is 19.7 Å². The molecule has 1 aliphatic rings. The molecule has 4 rings (SSSR count). The van der Waals surface area contributed by atoms with Crippen molar-refractivity contribution in [1.29, 1.82) is 0 Å². The summed E-state index contributed by atoms with van der Waals surface area (Å²) in [6.07, 6.45) is 0.891. The lowest BCUT2D eigenvalue weighted by molar-refractivity contribution is 0.0769. The molecule has 1 N–H and O–H groups in total. The quantitative estimate of drug-likeness (QED) is 0.736. The molecule has 27 heavy (non-hydrogen) atoms. The van der Waals surface area contributed by atoms with Gasteiger partial charge in [0.1, 0.15) is 5.82 Å². The van der Waals surface area contributed by atoms with Crippen LogP contribution in [0.15, 0.2) is 42.5 Å². The summed E-state index contributed by atoms with van der Waals surface area (Å²) in [6, 6.07) is 12.5. The second kappa shape index (κ2) is 7.06. The highest BCUT2D eigenvalue weighted by Crippen LogP contribution is 2.26. The number of carbonyl (C=O) groups excluding carboxylic acids is 1. The minimum atomic E-state index is -0.227. The Morgan fingerprint density at radius 2 is 1.78 bits per heavy atom. The normalized spacial score (nSPS) is 15.2. The van der Waals surface area contributed by atoms with E-state index in [1.54, 1.807) is 12.1 Å². The molecule has 0 aliphatic carbocycles. The topological polar surface area (TPSA) is 39.3 Å². The molecule has 4 nitrogen and oxygen atoms in total. The summed E-state index contributed by atoms with van der Waals surface area (Å²) in [7, 11) is 0. The number of nitrogens with zero attached hydrogens (tertiary/aromatic N) is 2. The number of para-hydroxylation sites is 1. The molecule has 0 unspecified atom stereocenters. The summed E-state index contributed by atoms with van der Waals surface area (Å²) >= 11 is 0. The average molecular weight is 365 g/mol. The van der Waals surface area contributed by atoms with E-state index in [0.29, 0.717) is 6.54 Å². The van der Waals surface area contributed by atoms with Gasteiger partial charge in [-0.1, -0.05) is 12.1 Å². The van der Waals surface area contributed by atoms with Gasteiger partial charge in [0.05, 0.1) is 11.1 Å². The van der Waals surface area contributed by atoms with Crippen LogP contribution in [0.5, 0.6) is 0 Å². The second-order valence-electron chi connectivity index (χ2n) is 7.21. The zero-order chi connectivity index (χ0) is 19.0. The number of aryl methyl sites for hydroxylation is 2. The molecule has 1 fully saturated rings.